The van der Waals surface area contributed by atoms with Crippen molar-refractivity contribution in [3.05, 3.63) is 28.8 Å². The van der Waals surface area contributed by atoms with Gasteiger partial charge in [-0.3, -0.25) is 4.79 Å². The lowest BCUT2D eigenvalue weighted by molar-refractivity contribution is -0.113. The van der Waals surface area contributed by atoms with Crippen LogP contribution in [-0.2, 0) is 4.79 Å². The van der Waals surface area contributed by atoms with Crippen molar-refractivity contribution in [1.82, 2.24) is 4.90 Å². The smallest absolute Gasteiger partial charge is 0.234 e. The summed E-state index contributed by atoms with van der Waals surface area (Å²) in [6.07, 6.45) is 0. The largest absolute Gasteiger partial charge is 0.358 e. The van der Waals surface area contributed by atoms with Gasteiger partial charge in [-0.2, -0.15) is 0 Å². The highest BCUT2D eigenvalue weighted by Gasteiger charge is 2.10. The van der Waals surface area contributed by atoms with Crippen LogP contribution in [-0.4, -0.2) is 34.0 Å². The Hall–Kier alpha value is -0.780. The van der Waals surface area contributed by atoms with E-state index in [0.29, 0.717) is 10.8 Å². The number of carbonyl (C=O) groups is 1. The first kappa shape index (κ1) is 17.3. The van der Waals surface area contributed by atoms with Gasteiger partial charge in [0, 0.05) is 23.8 Å². The van der Waals surface area contributed by atoms with Crippen molar-refractivity contribution in [2.24, 2.45) is 0 Å². The van der Waals surface area contributed by atoms with E-state index in [-0.39, 0.29) is 5.91 Å². The number of hydrogen-bond acceptors (Lipinski definition) is 3. The summed E-state index contributed by atoms with van der Waals surface area (Å²) in [5.41, 5.74) is 1.73. The minimum atomic E-state index is -0.0742. The molecule has 0 aliphatic heterocycles. The van der Waals surface area contributed by atoms with Crippen LogP contribution in [0.2, 0.25) is 5.02 Å². The topological polar surface area (TPSA) is 32.3 Å². The highest BCUT2D eigenvalue weighted by molar-refractivity contribution is 8.23. The van der Waals surface area contributed by atoms with Gasteiger partial charge in [-0.05, 0) is 38.5 Å². The van der Waals surface area contributed by atoms with Gasteiger partial charge in [0.1, 0.15) is 4.32 Å². The number of halogens is 1. The molecule has 0 saturated heterocycles. The first-order valence-corrected chi connectivity index (χ1v) is 8.22. The van der Waals surface area contributed by atoms with Crippen molar-refractivity contribution in [1.29, 1.82) is 0 Å². The molecule has 1 rings (SSSR count). The third kappa shape index (κ3) is 5.31. The zero-order valence-corrected chi connectivity index (χ0v) is 14.3. The Morgan fingerprint density at radius 3 is 2.65 bits per heavy atom. The molecule has 1 N–H and O–H groups in total. The molecular weight excluding hydrogens is 312 g/mol. The quantitative estimate of drug-likeness (QED) is 0.829. The molecule has 1 amide bonds. The third-order valence-corrected chi connectivity index (χ3v) is 4.58. The Morgan fingerprint density at radius 2 is 2.05 bits per heavy atom. The van der Waals surface area contributed by atoms with Crippen LogP contribution in [0.25, 0.3) is 0 Å². The van der Waals surface area contributed by atoms with Gasteiger partial charge >= 0.3 is 0 Å². The van der Waals surface area contributed by atoms with E-state index in [4.69, 9.17) is 23.8 Å². The maximum absolute atomic E-state index is 11.9. The van der Waals surface area contributed by atoms with Gasteiger partial charge in [0.25, 0.3) is 0 Å². The Labute approximate surface area is 135 Å². The highest BCUT2D eigenvalue weighted by atomic mass is 35.5. The van der Waals surface area contributed by atoms with E-state index >= 15 is 0 Å². The standard InChI is InChI=1S/C14H19ClN2OS2/c1-4-17(5-2)14(19)20-9-13(18)16-12-8-11(15)7-6-10(12)3/h6-8H,4-5,9H2,1-3H3,(H,16,18). The number of benzene rings is 1. The number of carbonyl (C=O) groups excluding carboxylic acids is 1. The van der Waals surface area contributed by atoms with Crippen LogP contribution in [0.4, 0.5) is 5.69 Å². The maximum atomic E-state index is 11.9. The average molecular weight is 331 g/mol. The normalized spacial score (nSPS) is 10.2. The first-order chi connectivity index (χ1) is 9.47. The molecule has 0 atom stereocenters. The number of nitrogens with zero attached hydrogens (tertiary/aromatic N) is 1. The van der Waals surface area contributed by atoms with Crippen LogP contribution in [0.3, 0.4) is 0 Å². The molecule has 0 saturated carbocycles. The fourth-order valence-electron chi connectivity index (χ4n) is 1.62. The molecule has 110 valence electrons. The van der Waals surface area contributed by atoms with E-state index < -0.39 is 0 Å². The predicted octanol–water partition coefficient (Wildman–Crippen LogP) is 3.95. The van der Waals surface area contributed by atoms with Crippen LogP contribution >= 0.6 is 35.6 Å². The fraction of sp³-hybridized carbons (Fsp3) is 0.429. The molecule has 6 heteroatoms. The van der Waals surface area contributed by atoms with Crippen LogP contribution in [0.15, 0.2) is 18.2 Å². The van der Waals surface area contributed by atoms with Crippen LogP contribution in [0.1, 0.15) is 19.4 Å². The number of aryl methyl sites for hydroxylation is 1. The summed E-state index contributed by atoms with van der Waals surface area (Å²) in [5.74, 6) is 0.233. The van der Waals surface area contributed by atoms with Gasteiger partial charge in [-0.1, -0.05) is 41.6 Å². The molecule has 0 spiro atoms. The number of nitrogens with one attached hydrogen (secondary N) is 1. The molecule has 0 bridgehead atoms. The Bertz CT molecular complexity index is 490. The van der Waals surface area contributed by atoms with Crippen LogP contribution in [0, 0.1) is 6.92 Å². The van der Waals surface area contributed by atoms with Crippen molar-refractivity contribution in [2.75, 3.05) is 24.2 Å². The SMILES string of the molecule is CCN(CC)C(=S)SCC(=O)Nc1cc(Cl)ccc1C. The fourth-order valence-corrected chi connectivity index (χ4v) is 2.99. The Kier molecular flexibility index (Phi) is 7.34. The van der Waals surface area contributed by atoms with Crippen molar-refractivity contribution in [3.63, 3.8) is 0 Å². The highest BCUT2D eigenvalue weighted by Crippen LogP contribution is 2.20. The molecule has 0 unspecified atom stereocenters. The lowest BCUT2D eigenvalue weighted by Gasteiger charge is -2.20. The van der Waals surface area contributed by atoms with E-state index in [1.165, 1.54) is 11.8 Å². The summed E-state index contributed by atoms with van der Waals surface area (Å²) in [5, 5.41) is 3.47. The second kappa shape index (κ2) is 8.49. The minimum absolute atomic E-state index is 0.0742. The van der Waals surface area contributed by atoms with Gasteiger partial charge in [-0.15, -0.1) is 0 Å². The number of hydrogen-bond donors (Lipinski definition) is 1. The molecule has 1 aromatic rings. The lowest BCUT2D eigenvalue weighted by Crippen LogP contribution is -2.28. The zero-order chi connectivity index (χ0) is 15.1. The number of thioether (sulfide) groups is 1. The van der Waals surface area contributed by atoms with Gasteiger partial charge in [0.05, 0.1) is 5.75 Å². The predicted molar refractivity (Wildman–Crippen MR) is 92.8 cm³/mol. The molecule has 0 aliphatic rings. The first-order valence-electron chi connectivity index (χ1n) is 6.45. The van der Waals surface area contributed by atoms with Gasteiger partial charge in [-0.25, -0.2) is 0 Å². The van der Waals surface area contributed by atoms with E-state index in [9.17, 15) is 4.79 Å². The molecule has 0 radical (unpaired) electrons. The molecule has 0 aromatic heterocycles. The van der Waals surface area contributed by atoms with Gasteiger partial charge in [0.2, 0.25) is 5.91 Å². The molecule has 0 heterocycles. The summed E-state index contributed by atoms with van der Waals surface area (Å²) in [4.78, 5) is 14.0. The number of thiocarbonyl (C=S) groups is 1. The number of rotatable bonds is 5. The van der Waals surface area contributed by atoms with E-state index in [2.05, 4.69) is 10.2 Å². The second-order valence-corrected chi connectivity index (χ2v) is 6.28. The monoisotopic (exact) mass is 330 g/mol. The average Bonchev–Trinajstić information content (AvgIpc) is 2.42. The molecular formula is C14H19ClN2OS2. The number of amides is 1. The molecule has 1 aromatic carbocycles. The summed E-state index contributed by atoms with van der Waals surface area (Å²) in [6, 6.07) is 5.44. The van der Waals surface area contributed by atoms with Crippen molar-refractivity contribution in [3.8, 4) is 0 Å². The Morgan fingerprint density at radius 1 is 1.40 bits per heavy atom. The van der Waals surface area contributed by atoms with E-state index in [1.807, 2.05) is 26.8 Å². The summed E-state index contributed by atoms with van der Waals surface area (Å²) < 4.78 is 0.757. The van der Waals surface area contributed by atoms with Crippen molar-refractivity contribution >= 4 is 51.5 Å². The molecule has 0 aliphatic carbocycles. The zero-order valence-electron chi connectivity index (χ0n) is 11.9. The second-order valence-electron chi connectivity index (χ2n) is 4.23. The summed E-state index contributed by atoms with van der Waals surface area (Å²) >= 11 is 12.6. The Balaban J connectivity index is 2.52. The van der Waals surface area contributed by atoms with Gasteiger partial charge in [0.15, 0.2) is 0 Å². The van der Waals surface area contributed by atoms with Crippen LogP contribution in [0.5, 0.6) is 0 Å². The third-order valence-electron chi connectivity index (χ3n) is 2.82. The van der Waals surface area contributed by atoms with Crippen molar-refractivity contribution in [2.45, 2.75) is 20.8 Å². The van der Waals surface area contributed by atoms with E-state index in [1.54, 1.807) is 12.1 Å². The maximum Gasteiger partial charge on any atom is 0.234 e. The summed E-state index contributed by atoms with van der Waals surface area (Å²) in [7, 11) is 0. The van der Waals surface area contributed by atoms with Gasteiger partial charge < -0.3 is 10.2 Å². The molecule has 20 heavy (non-hydrogen) atoms. The van der Waals surface area contributed by atoms with E-state index in [0.717, 1.165) is 28.7 Å². The summed E-state index contributed by atoms with van der Waals surface area (Å²) in [6.45, 7) is 7.74. The minimum Gasteiger partial charge on any atom is -0.358 e. The molecule has 0 fully saturated rings. The molecule has 3 nitrogen and oxygen atoms in total. The van der Waals surface area contributed by atoms with Crippen LogP contribution < -0.4 is 5.32 Å². The van der Waals surface area contributed by atoms with Crippen molar-refractivity contribution < 1.29 is 4.79 Å². The lowest BCUT2D eigenvalue weighted by atomic mass is 10.2. The number of anilines is 1.